The highest BCUT2D eigenvalue weighted by Gasteiger charge is 2.20. The van der Waals surface area contributed by atoms with Gasteiger partial charge in [-0.25, -0.2) is 4.98 Å². The van der Waals surface area contributed by atoms with Gasteiger partial charge in [0.25, 0.3) is 11.6 Å². The number of aromatic nitrogens is 2. The largest absolute Gasteiger partial charge is 0.463 e. The number of nitrogens with zero attached hydrogens (tertiary/aromatic N) is 2. The third-order valence-electron chi connectivity index (χ3n) is 3.94. The molecule has 6 nitrogen and oxygen atoms in total. The Hall–Kier alpha value is -3.41. The summed E-state index contributed by atoms with van der Waals surface area (Å²) in [6.45, 7) is 3.77. The zero-order chi connectivity index (χ0) is 17.4. The molecule has 0 radical (unpaired) electrons. The second-order valence-corrected chi connectivity index (χ2v) is 5.80. The molecule has 0 atom stereocenters. The quantitative estimate of drug-likeness (QED) is 0.603. The highest BCUT2D eigenvalue weighted by molar-refractivity contribution is 6.12. The van der Waals surface area contributed by atoms with E-state index in [2.05, 4.69) is 15.5 Å². The van der Waals surface area contributed by atoms with Crippen molar-refractivity contribution in [2.75, 3.05) is 5.32 Å². The molecule has 1 amide bonds. The van der Waals surface area contributed by atoms with E-state index in [1.807, 2.05) is 31.2 Å². The van der Waals surface area contributed by atoms with Crippen LogP contribution in [0.5, 0.6) is 0 Å². The molecule has 0 fully saturated rings. The minimum absolute atomic E-state index is 0.254. The van der Waals surface area contributed by atoms with E-state index in [0.717, 1.165) is 5.56 Å². The van der Waals surface area contributed by atoms with E-state index in [1.165, 1.54) is 0 Å². The Bertz CT molecular complexity index is 1050. The van der Waals surface area contributed by atoms with Crippen LogP contribution in [0.3, 0.4) is 0 Å². The number of nitrogens with one attached hydrogen (secondary N) is 1. The monoisotopic (exact) mass is 333 g/mol. The second-order valence-electron chi connectivity index (χ2n) is 5.80. The molecule has 1 aromatic carbocycles. The van der Waals surface area contributed by atoms with Gasteiger partial charge in [0, 0.05) is 5.69 Å². The number of hydrogen-bond acceptors (Lipinski definition) is 5. The van der Waals surface area contributed by atoms with E-state index in [-0.39, 0.29) is 5.91 Å². The molecule has 4 aromatic rings. The number of pyridine rings is 1. The Morgan fingerprint density at radius 1 is 1.12 bits per heavy atom. The Balaban J connectivity index is 1.80. The van der Waals surface area contributed by atoms with Crippen LogP contribution in [-0.4, -0.2) is 16.0 Å². The lowest BCUT2D eigenvalue weighted by Gasteiger charge is -2.08. The zero-order valence-electron chi connectivity index (χ0n) is 13.7. The first-order valence-corrected chi connectivity index (χ1v) is 7.81. The normalized spacial score (nSPS) is 11.0. The SMILES string of the molecule is Cc1ccc(NC(=O)c2cc(-c3ccco3)nc3onc(C)c23)cc1. The van der Waals surface area contributed by atoms with Crippen molar-refractivity contribution < 1.29 is 13.7 Å². The van der Waals surface area contributed by atoms with Crippen LogP contribution in [-0.2, 0) is 0 Å². The summed E-state index contributed by atoms with van der Waals surface area (Å²) in [5, 5.41) is 7.43. The molecule has 6 heteroatoms. The summed E-state index contributed by atoms with van der Waals surface area (Å²) in [7, 11) is 0. The molecule has 0 unspecified atom stereocenters. The maximum atomic E-state index is 12.8. The number of aryl methyl sites for hydroxylation is 2. The van der Waals surface area contributed by atoms with Gasteiger partial charge >= 0.3 is 0 Å². The van der Waals surface area contributed by atoms with Gasteiger partial charge in [-0.1, -0.05) is 22.9 Å². The van der Waals surface area contributed by atoms with Crippen molar-refractivity contribution in [1.29, 1.82) is 0 Å². The van der Waals surface area contributed by atoms with E-state index in [4.69, 9.17) is 8.94 Å². The van der Waals surface area contributed by atoms with E-state index in [0.29, 0.717) is 39.5 Å². The smallest absolute Gasteiger partial charge is 0.259 e. The van der Waals surface area contributed by atoms with Gasteiger partial charge < -0.3 is 14.3 Å². The van der Waals surface area contributed by atoms with E-state index < -0.39 is 0 Å². The molecular weight excluding hydrogens is 318 g/mol. The number of carbonyl (C=O) groups is 1. The van der Waals surface area contributed by atoms with E-state index in [1.54, 1.807) is 31.4 Å². The van der Waals surface area contributed by atoms with Crippen molar-refractivity contribution in [3.63, 3.8) is 0 Å². The summed E-state index contributed by atoms with van der Waals surface area (Å²) in [5.41, 5.74) is 3.72. The molecule has 1 N–H and O–H groups in total. The van der Waals surface area contributed by atoms with Crippen molar-refractivity contribution in [3.8, 4) is 11.5 Å². The first-order valence-electron chi connectivity index (χ1n) is 7.81. The number of carbonyl (C=O) groups excluding carboxylic acids is 1. The van der Waals surface area contributed by atoms with Gasteiger partial charge in [-0.15, -0.1) is 0 Å². The number of benzene rings is 1. The summed E-state index contributed by atoms with van der Waals surface area (Å²) < 4.78 is 10.6. The van der Waals surface area contributed by atoms with E-state index >= 15 is 0 Å². The molecule has 0 bridgehead atoms. The third-order valence-corrected chi connectivity index (χ3v) is 3.94. The molecule has 0 aliphatic heterocycles. The molecule has 25 heavy (non-hydrogen) atoms. The predicted octanol–water partition coefficient (Wildman–Crippen LogP) is 4.35. The summed E-state index contributed by atoms with van der Waals surface area (Å²) >= 11 is 0. The molecule has 0 saturated carbocycles. The lowest BCUT2D eigenvalue weighted by molar-refractivity contribution is 0.102. The molecule has 0 saturated heterocycles. The van der Waals surface area contributed by atoms with Crippen molar-refractivity contribution in [2.45, 2.75) is 13.8 Å². The molecular formula is C19H15N3O3. The topological polar surface area (TPSA) is 81.2 Å². The van der Waals surface area contributed by atoms with Crippen LogP contribution in [0, 0.1) is 13.8 Å². The molecule has 3 aromatic heterocycles. The van der Waals surface area contributed by atoms with Crippen LogP contribution < -0.4 is 5.32 Å². The first kappa shape index (κ1) is 15.1. The van der Waals surface area contributed by atoms with Gasteiger partial charge in [-0.3, -0.25) is 4.79 Å². The first-order chi connectivity index (χ1) is 12.1. The number of fused-ring (bicyclic) bond motifs is 1. The number of rotatable bonds is 3. The molecule has 0 aliphatic rings. The lowest BCUT2D eigenvalue weighted by Crippen LogP contribution is -2.13. The molecule has 0 spiro atoms. The highest BCUT2D eigenvalue weighted by atomic mass is 16.5. The fourth-order valence-electron chi connectivity index (χ4n) is 2.66. The van der Waals surface area contributed by atoms with Gasteiger partial charge in [0.2, 0.25) is 0 Å². The predicted molar refractivity (Wildman–Crippen MR) is 93.4 cm³/mol. The van der Waals surface area contributed by atoms with Crippen molar-refractivity contribution in [3.05, 3.63) is 65.5 Å². The highest BCUT2D eigenvalue weighted by Crippen LogP contribution is 2.28. The van der Waals surface area contributed by atoms with Crippen LogP contribution in [0.4, 0.5) is 5.69 Å². The number of amides is 1. The Morgan fingerprint density at radius 3 is 2.64 bits per heavy atom. The van der Waals surface area contributed by atoms with Gasteiger partial charge in [-0.2, -0.15) is 0 Å². The molecule has 4 rings (SSSR count). The molecule has 3 heterocycles. The molecule has 124 valence electrons. The zero-order valence-corrected chi connectivity index (χ0v) is 13.7. The van der Waals surface area contributed by atoms with E-state index in [9.17, 15) is 4.79 Å². The average Bonchev–Trinajstić information content (AvgIpc) is 3.26. The Labute approximate surface area is 143 Å². The number of furan rings is 1. The Kier molecular flexibility index (Phi) is 3.57. The maximum absolute atomic E-state index is 12.8. The fraction of sp³-hybridized carbons (Fsp3) is 0.105. The Morgan fingerprint density at radius 2 is 1.92 bits per heavy atom. The van der Waals surface area contributed by atoms with Crippen LogP contribution in [0.2, 0.25) is 0 Å². The van der Waals surface area contributed by atoms with Crippen LogP contribution in [0.15, 0.2) is 57.7 Å². The summed E-state index contributed by atoms with van der Waals surface area (Å²) in [5.74, 6) is 0.302. The van der Waals surface area contributed by atoms with Gasteiger partial charge in [0.15, 0.2) is 5.76 Å². The van der Waals surface area contributed by atoms with Crippen molar-refractivity contribution in [2.24, 2.45) is 0 Å². The summed E-state index contributed by atoms with van der Waals surface area (Å²) in [6, 6.07) is 12.8. The van der Waals surface area contributed by atoms with Crippen LogP contribution >= 0.6 is 0 Å². The summed E-state index contributed by atoms with van der Waals surface area (Å²) in [4.78, 5) is 17.2. The second kappa shape index (κ2) is 5.90. The average molecular weight is 333 g/mol. The maximum Gasteiger partial charge on any atom is 0.259 e. The number of anilines is 1. The van der Waals surface area contributed by atoms with Crippen LogP contribution in [0.1, 0.15) is 21.6 Å². The lowest BCUT2D eigenvalue weighted by atomic mass is 10.1. The summed E-state index contributed by atoms with van der Waals surface area (Å²) in [6.07, 6.45) is 1.55. The van der Waals surface area contributed by atoms with Crippen LogP contribution in [0.25, 0.3) is 22.6 Å². The third kappa shape index (κ3) is 2.78. The van der Waals surface area contributed by atoms with Gasteiger partial charge in [0.05, 0.1) is 22.9 Å². The number of hydrogen-bond donors (Lipinski definition) is 1. The standard InChI is InChI=1S/C19H15N3O3/c1-11-5-7-13(8-6-11)20-18(23)14-10-15(16-4-3-9-24-16)21-19-17(14)12(2)22-25-19/h3-10H,1-2H3,(H,20,23). The molecule has 0 aliphatic carbocycles. The fourth-order valence-corrected chi connectivity index (χ4v) is 2.66. The minimum Gasteiger partial charge on any atom is -0.463 e. The van der Waals surface area contributed by atoms with Gasteiger partial charge in [-0.05, 0) is 44.2 Å². The van der Waals surface area contributed by atoms with Crippen molar-refractivity contribution >= 4 is 22.7 Å². The van der Waals surface area contributed by atoms with Gasteiger partial charge in [0.1, 0.15) is 5.69 Å². The minimum atomic E-state index is -0.254. The van der Waals surface area contributed by atoms with Crippen molar-refractivity contribution in [1.82, 2.24) is 10.1 Å².